The molecule has 0 aliphatic heterocycles. The van der Waals surface area contributed by atoms with Crippen LogP contribution in [0.5, 0.6) is 0 Å². The summed E-state index contributed by atoms with van der Waals surface area (Å²) in [6, 6.07) is 0. The molecule has 3 nitrogen and oxygen atoms in total. The minimum Gasteiger partial charge on any atom is -0.373 e. The summed E-state index contributed by atoms with van der Waals surface area (Å²) in [6.07, 6.45) is 2.99. The fourth-order valence-electron chi connectivity index (χ4n) is 1.77. The Morgan fingerprint density at radius 1 is 1.31 bits per heavy atom. The van der Waals surface area contributed by atoms with Crippen molar-refractivity contribution in [1.29, 1.82) is 0 Å². The van der Waals surface area contributed by atoms with Gasteiger partial charge in [0.05, 0.1) is 0 Å². The fourth-order valence-corrected chi connectivity index (χ4v) is 2.44. The van der Waals surface area contributed by atoms with Crippen LogP contribution in [0.25, 0.3) is 0 Å². The van der Waals surface area contributed by atoms with E-state index in [-0.39, 0.29) is 6.10 Å². The van der Waals surface area contributed by atoms with Crippen molar-refractivity contribution >= 4 is 23.2 Å². The molecule has 0 N–H and O–H groups in total. The molecule has 1 aliphatic carbocycles. The first-order chi connectivity index (χ1) is 7.67. The quantitative estimate of drug-likeness (QED) is 0.778. The van der Waals surface area contributed by atoms with Gasteiger partial charge >= 0.3 is 0 Å². The van der Waals surface area contributed by atoms with Crippen LogP contribution in [0.15, 0.2) is 0 Å². The maximum atomic E-state index is 6.07. The molecule has 2 rings (SSSR count). The lowest BCUT2D eigenvalue weighted by Crippen LogP contribution is -2.10. The molecule has 16 heavy (non-hydrogen) atoms. The minimum absolute atomic E-state index is 0.0686. The monoisotopic (exact) mass is 260 g/mol. The first kappa shape index (κ1) is 12.1. The number of methoxy groups -OCH3 is 1. The second-order valence-electron chi connectivity index (χ2n) is 3.99. The first-order valence-electron chi connectivity index (χ1n) is 5.42. The molecule has 0 amide bonds. The van der Waals surface area contributed by atoms with Gasteiger partial charge in [0.2, 0.25) is 0 Å². The molecule has 0 bridgehead atoms. The van der Waals surface area contributed by atoms with Gasteiger partial charge in [-0.05, 0) is 25.2 Å². The lowest BCUT2D eigenvalue weighted by molar-refractivity contribution is 0.0772. The van der Waals surface area contributed by atoms with E-state index in [0.29, 0.717) is 22.0 Å². The summed E-state index contributed by atoms with van der Waals surface area (Å²) in [5.41, 5.74) is 0.803. The van der Waals surface area contributed by atoms with Crippen LogP contribution >= 0.6 is 23.2 Å². The summed E-state index contributed by atoms with van der Waals surface area (Å²) in [5.74, 6) is 1.13. The van der Waals surface area contributed by atoms with Gasteiger partial charge in [-0.2, -0.15) is 0 Å². The van der Waals surface area contributed by atoms with Gasteiger partial charge in [-0.3, -0.25) is 0 Å². The van der Waals surface area contributed by atoms with Crippen molar-refractivity contribution in [2.24, 2.45) is 5.92 Å². The number of hydrogen-bond donors (Lipinski definition) is 0. The molecular formula is C11H14Cl2N2O. The standard InChI is InChI=1S/C11H14Cl2N2O/c1-3-7-9(12)14-11(15-10(7)13)8(16-2)6-4-5-6/h6,8H,3-5H2,1-2H3. The van der Waals surface area contributed by atoms with Crippen LogP contribution in [0.4, 0.5) is 0 Å². The largest absolute Gasteiger partial charge is 0.373 e. The van der Waals surface area contributed by atoms with Gasteiger partial charge in [0.1, 0.15) is 16.4 Å². The van der Waals surface area contributed by atoms with Crippen molar-refractivity contribution in [3.63, 3.8) is 0 Å². The summed E-state index contributed by atoms with van der Waals surface area (Å²) >= 11 is 12.1. The molecule has 1 aromatic rings. The highest BCUT2D eigenvalue weighted by Crippen LogP contribution is 2.42. The van der Waals surface area contributed by atoms with Gasteiger partial charge in [0.25, 0.3) is 0 Å². The number of nitrogens with zero attached hydrogens (tertiary/aromatic N) is 2. The number of aromatic nitrogens is 2. The van der Waals surface area contributed by atoms with Crippen molar-refractivity contribution in [1.82, 2.24) is 9.97 Å². The third-order valence-corrected chi connectivity index (χ3v) is 3.46. The van der Waals surface area contributed by atoms with E-state index >= 15 is 0 Å². The van der Waals surface area contributed by atoms with Gasteiger partial charge in [0, 0.05) is 12.7 Å². The Morgan fingerprint density at radius 3 is 2.25 bits per heavy atom. The molecule has 1 heterocycles. The summed E-state index contributed by atoms with van der Waals surface area (Å²) < 4.78 is 5.40. The van der Waals surface area contributed by atoms with Crippen molar-refractivity contribution in [3.8, 4) is 0 Å². The Kier molecular flexibility index (Phi) is 3.67. The molecule has 0 aromatic carbocycles. The zero-order valence-electron chi connectivity index (χ0n) is 9.33. The van der Waals surface area contributed by atoms with E-state index in [9.17, 15) is 0 Å². The van der Waals surface area contributed by atoms with Gasteiger partial charge in [-0.25, -0.2) is 9.97 Å². The highest BCUT2D eigenvalue weighted by atomic mass is 35.5. The Labute approximate surface area is 105 Å². The van der Waals surface area contributed by atoms with E-state index < -0.39 is 0 Å². The Bertz CT molecular complexity index is 371. The van der Waals surface area contributed by atoms with E-state index in [4.69, 9.17) is 27.9 Å². The molecule has 1 unspecified atom stereocenters. The third-order valence-electron chi connectivity index (χ3n) is 2.84. The molecule has 0 saturated heterocycles. The topological polar surface area (TPSA) is 35.0 Å². The molecule has 1 aromatic heterocycles. The number of halogens is 2. The summed E-state index contributed by atoms with van der Waals surface area (Å²) in [7, 11) is 1.67. The molecule has 0 spiro atoms. The van der Waals surface area contributed by atoms with E-state index in [1.165, 1.54) is 0 Å². The normalized spacial score (nSPS) is 17.5. The van der Waals surface area contributed by atoms with Gasteiger partial charge in [0.15, 0.2) is 5.82 Å². The maximum absolute atomic E-state index is 6.07. The maximum Gasteiger partial charge on any atom is 0.160 e. The van der Waals surface area contributed by atoms with Crippen molar-refractivity contribution in [3.05, 3.63) is 21.7 Å². The van der Waals surface area contributed by atoms with Crippen LogP contribution in [0.2, 0.25) is 10.3 Å². The second-order valence-corrected chi connectivity index (χ2v) is 4.71. The van der Waals surface area contributed by atoms with Crippen LogP contribution in [0, 0.1) is 5.92 Å². The van der Waals surface area contributed by atoms with Gasteiger partial charge < -0.3 is 4.74 Å². The number of hydrogen-bond acceptors (Lipinski definition) is 3. The van der Waals surface area contributed by atoms with Crippen LogP contribution in [-0.2, 0) is 11.2 Å². The zero-order valence-corrected chi connectivity index (χ0v) is 10.8. The van der Waals surface area contributed by atoms with Crippen molar-refractivity contribution in [2.75, 3.05) is 7.11 Å². The molecular weight excluding hydrogens is 247 g/mol. The molecule has 1 saturated carbocycles. The average molecular weight is 261 g/mol. The lowest BCUT2D eigenvalue weighted by atomic mass is 10.2. The summed E-state index contributed by atoms with van der Waals surface area (Å²) in [4.78, 5) is 8.56. The van der Waals surface area contributed by atoms with Crippen LogP contribution < -0.4 is 0 Å². The SMILES string of the molecule is CCc1c(Cl)nc(C(OC)C2CC2)nc1Cl. The second kappa shape index (κ2) is 4.86. The Hall–Kier alpha value is -0.380. The average Bonchev–Trinajstić information content (AvgIpc) is 3.03. The predicted molar refractivity (Wildman–Crippen MR) is 63.9 cm³/mol. The zero-order chi connectivity index (χ0) is 11.7. The van der Waals surface area contributed by atoms with Crippen LogP contribution in [0.1, 0.15) is 37.3 Å². The van der Waals surface area contributed by atoms with Crippen molar-refractivity contribution in [2.45, 2.75) is 32.3 Å². The van der Waals surface area contributed by atoms with Crippen LogP contribution in [-0.4, -0.2) is 17.1 Å². The summed E-state index contributed by atoms with van der Waals surface area (Å²) in [6.45, 7) is 1.98. The molecule has 88 valence electrons. The molecule has 1 fully saturated rings. The number of rotatable bonds is 4. The number of ether oxygens (including phenoxy) is 1. The van der Waals surface area contributed by atoms with E-state index in [0.717, 1.165) is 24.8 Å². The van der Waals surface area contributed by atoms with Gasteiger partial charge in [-0.15, -0.1) is 0 Å². The predicted octanol–water partition coefficient (Wildman–Crippen LogP) is 3.44. The highest BCUT2D eigenvalue weighted by molar-refractivity contribution is 6.34. The smallest absolute Gasteiger partial charge is 0.160 e. The van der Waals surface area contributed by atoms with Crippen LogP contribution in [0.3, 0.4) is 0 Å². The third kappa shape index (κ3) is 2.31. The molecule has 5 heteroatoms. The van der Waals surface area contributed by atoms with E-state index in [2.05, 4.69) is 9.97 Å². The molecule has 1 atom stereocenters. The molecule has 0 radical (unpaired) electrons. The fraction of sp³-hybridized carbons (Fsp3) is 0.636. The lowest BCUT2D eigenvalue weighted by Gasteiger charge is -2.14. The van der Waals surface area contributed by atoms with Crippen molar-refractivity contribution < 1.29 is 4.74 Å². The Balaban J connectivity index is 2.34. The Morgan fingerprint density at radius 2 is 1.88 bits per heavy atom. The molecule has 1 aliphatic rings. The summed E-state index contributed by atoms with van der Waals surface area (Å²) in [5, 5.41) is 0.889. The van der Waals surface area contributed by atoms with Gasteiger partial charge in [-0.1, -0.05) is 30.1 Å². The first-order valence-corrected chi connectivity index (χ1v) is 6.17. The minimum atomic E-state index is -0.0686. The van der Waals surface area contributed by atoms with E-state index in [1.54, 1.807) is 7.11 Å². The highest BCUT2D eigenvalue weighted by Gasteiger charge is 2.35. The van der Waals surface area contributed by atoms with E-state index in [1.807, 2.05) is 6.92 Å².